The maximum absolute atomic E-state index is 12.9. The minimum Gasteiger partial charge on any atom is -0.340 e. The Morgan fingerprint density at radius 1 is 1.12 bits per heavy atom. The van der Waals surface area contributed by atoms with E-state index in [9.17, 15) is 4.79 Å². The number of aromatic nitrogens is 2. The van der Waals surface area contributed by atoms with Crippen LogP contribution in [0, 0.1) is 6.92 Å². The summed E-state index contributed by atoms with van der Waals surface area (Å²) >= 11 is 0. The Kier molecular flexibility index (Phi) is 5.83. The van der Waals surface area contributed by atoms with Gasteiger partial charge in [0.05, 0.1) is 0 Å². The van der Waals surface area contributed by atoms with Crippen molar-refractivity contribution in [3.05, 3.63) is 53.3 Å². The summed E-state index contributed by atoms with van der Waals surface area (Å²) in [5, 5.41) is 0. The van der Waals surface area contributed by atoms with Crippen LogP contribution in [0.1, 0.15) is 28.7 Å². The van der Waals surface area contributed by atoms with Crippen molar-refractivity contribution in [2.24, 2.45) is 0 Å². The summed E-state index contributed by atoms with van der Waals surface area (Å²) in [5.41, 5.74) is 2.48. The lowest BCUT2D eigenvalue weighted by Crippen LogP contribution is -2.48. The van der Waals surface area contributed by atoms with Gasteiger partial charge >= 0.3 is 0 Å². The lowest BCUT2D eigenvalue weighted by atomic mass is 10.2. The molecule has 1 aliphatic heterocycles. The second-order valence-electron chi connectivity index (χ2n) is 6.76. The van der Waals surface area contributed by atoms with E-state index in [-0.39, 0.29) is 5.91 Å². The molecule has 1 aliphatic rings. The number of anilines is 1. The van der Waals surface area contributed by atoms with Crippen molar-refractivity contribution in [2.75, 3.05) is 44.7 Å². The number of nitrogens with zero attached hydrogens (tertiary/aromatic N) is 5. The Bertz CT molecular complexity index is 741. The minimum atomic E-state index is 0.000569. The molecule has 0 bridgehead atoms. The first-order valence-corrected chi connectivity index (χ1v) is 9.19. The van der Waals surface area contributed by atoms with Gasteiger partial charge in [-0.3, -0.25) is 4.79 Å². The predicted octanol–water partition coefficient (Wildman–Crippen LogP) is 2.20. The molecule has 0 aliphatic carbocycles. The zero-order valence-electron chi connectivity index (χ0n) is 15.9. The van der Waals surface area contributed by atoms with Crippen LogP contribution in [0.25, 0.3) is 0 Å². The van der Waals surface area contributed by atoms with Gasteiger partial charge in [-0.25, -0.2) is 9.97 Å². The van der Waals surface area contributed by atoms with Gasteiger partial charge in [0.15, 0.2) is 0 Å². The molecule has 3 rings (SSSR count). The molecule has 0 saturated carbocycles. The van der Waals surface area contributed by atoms with E-state index in [1.165, 1.54) is 5.56 Å². The third kappa shape index (κ3) is 4.38. The molecule has 1 amide bonds. The minimum absolute atomic E-state index is 0.000569. The number of piperazine rings is 1. The Hall–Kier alpha value is -2.47. The first-order chi connectivity index (χ1) is 12.6. The van der Waals surface area contributed by atoms with E-state index >= 15 is 0 Å². The molecule has 1 fully saturated rings. The average Bonchev–Trinajstić information content (AvgIpc) is 2.67. The summed E-state index contributed by atoms with van der Waals surface area (Å²) in [6.07, 6.45) is 0. The number of hydrogen-bond donors (Lipinski definition) is 0. The Labute approximate surface area is 155 Å². The first kappa shape index (κ1) is 18.3. The summed E-state index contributed by atoms with van der Waals surface area (Å²) in [5.74, 6) is 0.588. The van der Waals surface area contributed by atoms with Crippen LogP contribution in [-0.4, -0.2) is 65.4 Å². The highest BCUT2D eigenvalue weighted by Gasteiger charge is 2.23. The zero-order valence-corrected chi connectivity index (χ0v) is 15.9. The molecule has 1 aromatic carbocycles. The molecule has 6 nitrogen and oxygen atoms in total. The highest BCUT2D eigenvalue weighted by molar-refractivity contribution is 5.92. The second kappa shape index (κ2) is 8.27. The number of aryl methyl sites for hydroxylation is 1. The smallest absolute Gasteiger partial charge is 0.272 e. The molecule has 2 aromatic rings. The number of likely N-dealkylation sites (N-methyl/N-ethyl adjacent to an activating group) is 1. The number of amides is 1. The molecule has 1 saturated heterocycles. The van der Waals surface area contributed by atoms with Crippen LogP contribution in [0.15, 0.2) is 36.4 Å². The van der Waals surface area contributed by atoms with Crippen LogP contribution in [-0.2, 0) is 6.54 Å². The maximum Gasteiger partial charge on any atom is 0.272 e. The van der Waals surface area contributed by atoms with Crippen molar-refractivity contribution in [3.8, 4) is 0 Å². The normalized spacial score (nSPS) is 15.1. The molecule has 138 valence electrons. The van der Waals surface area contributed by atoms with Crippen molar-refractivity contribution in [3.63, 3.8) is 0 Å². The fourth-order valence-electron chi connectivity index (χ4n) is 3.19. The van der Waals surface area contributed by atoms with Crippen molar-refractivity contribution >= 4 is 11.9 Å². The van der Waals surface area contributed by atoms with Gasteiger partial charge in [0, 0.05) is 45.5 Å². The van der Waals surface area contributed by atoms with Crippen LogP contribution in [0.2, 0.25) is 0 Å². The summed E-state index contributed by atoms with van der Waals surface area (Å²) in [6, 6.07) is 12.0. The molecule has 0 spiro atoms. The molecular formula is C20H27N5O. The van der Waals surface area contributed by atoms with Gasteiger partial charge in [0.25, 0.3) is 5.91 Å². The topological polar surface area (TPSA) is 52.6 Å². The zero-order chi connectivity index (χ0) is 18.5. The number of benzene rings is 1. The monoisotopic (exact) mass is 353 g/mol. The van der Waals surface area contributed by atoms with E-state index in [0.29, 0.717) is 18.2 Å². The molecule has 0 atom stereocenters. The molecule has 0 unspecified atom stereocenters. The van der Waals surface area contributed by atoms with Gasteiger partial charge in [-0.05, 0) is 25.1 Å². The Morgan fingerprint density at radius 2 is 1.81 bits per heavy atom. The predicted molar refractivity (Wildman–Crippen MR) is 103 cm³/mol. The fraction of sp³-hybridized carbons (Fsp3) is 0.450. The molecule has 6 heteroatoms. The summed E-state index contributed by atoms with van der Waals surface area (Å²) in [7, 11) is 1.95. The highest BCUT2D eigenvalue weighted by atomic mass is 16.2. The summed E-state index contributed by atoms with van der Waals surface area (Å²) in [4.78, 5) is 28.2. The van der Waals surface area contributed by atoms with E-state index in [4.69, 9.17) is 0 Å². The standard InChI is InChI=1S/C20H27N5O/c1-4-24-10-12-25(13-11-24)19(26)18-14-16(2)21-20(22-18)23(3)15-17-8-6-5-7-9-17/h5-9,14H,4,10-13,15H2,1-3H3. The number of carbonyl (C=O) groups excluding carboxylic acids is 1. The van der Waals surface area contributed by atoms with Gasteiger partial charge in [-0.2, -0.15) is 0 Å². The van der Waals surface area contributed by atoms with Gasteiger partial charge in [0.1, 0.15) is 5.69 Å². The van der Waals surface area contributed by atoms with Crippen LogP contribution < -0.4 is 4.90 Å². The van der Waals surface area contributed by atoms with Crippen molar-refractivity contribution in [1.29, 1.82) is 0 Å². The summed E-state index contributed by atoms with van der Waals surface area (Å²) < 4.78 is 0. The maximum atomic E-state index is 12.9. The van der Waals surface area contributed by atoms with E-state index < -0.39 is 0 Å². The average molecular weight is 353 g/mol. The SMILES string of the molecule is CCN1CCN(C(=O)c2cc(C)nc(N(C)Cc3ccccc3)n2)CC1. The van der Waals surface area contributed by atoms with Crippen molar-refractivity contribution in [1.82, 2.24) is 19.8 Å². The van der Waals surface area contributed by atoms with Crippen LogP contribution >= 0.6 is 0 Å². The van der Waals surface area contributed by atoms with Crippen LogP contribution in [0.3, 0.4) is 0 Å². The first-order valence-electron chi connectivity index (χ1n) is 9.19. The molecule has 0 radical (unpaired) electrons. The third-order valence-corrected chi connectivity index (χ3v) is 4.77. The van der Waals surface area contributed by atoms with Crippen molar-refractivity contribution in [2.45, 2.75) is 20.4 Å². The van der Waals surface area contributed by atoms with E-state index in [0.717, 1.165) is 38.4 Å². The highest BCUT2D eigenvalue weighted by Crippen LogP contribution is 2.14. The Balaban J connectivity index is 1.74. The number of carbonyl (C=O) groups is 1. The van der Waals surface area contributed by atoms with E-state index in [1.54, 1.807) is 6.07 Å². The largest absolute Gasteiger partial charge is 0.340 e. The number of hydrogen-bond acceptors (Lipinski definition) is 5. The lowest BCUT2D eigenvalue weighted by Gasteiger charge is -2.34. The lowest BCUT2D eigenvalue weighted by molar-refractivity contribution is 0.0637. The Morgan fingerprint density at radius 3 is 2.46 bits per heavy atom. The third-order valence-electron chi connectivity index (χ3n) is 4.77. The van der Waals surface area contributed by atoms with Gasteiger partial charge in [0.2, 0.25) is 5.95 Å². The van der Waals surface area contributed by atoms with Crippen LogP contribution in [0.5, 0.6) is 0 Å². The van der Waals surface area contributed by atoms with Gasteiger partial charge < -0.3 is 14.7 Å². The fourth-order valence-corrected chi connectivity index (χ4v) is 3.19. The molecule has 0 N–H and O–H groups in total. The number of rotatable bonds is 5. The van der Waals surface area contributed by atoms with E-state index in [1.807, 2.05) is 42.0 Å². The molecule has 2 heterocycles. The molecule has 1 aromatic heterocycles. The quantitative estimate of drug-likeness (QED) is 0.825. The van der Waals surface area contributed by atoms with E-state index in [2.05, 4.69) is 33.9 Å². The summed E-state index contributed by atoms with van der Waals surface area (Å²) in [6.45, 7) is 9.15. The second-order valence-corrected chi connectivity index (χ2v) is 6.76. The molecule has 26 heavy (non-hydrogen) atoms. The van der Waals surface area contributed by atoms with Gasteiger partial charge in [-0.1, -0.05) is 37.3 Å². The molecular weight excluding hydrogens is 326 g/mol. The van der Waals surface area contributed by atoms with Crippen molar-refractivity contribution < 1.29 is 4.79 Å². The van der Waals surface area contributed by atoms with Gasteiger partial charge in [-0.15, -0.1) is 0 Å². The van der Waals surface area contributed by atoms with Crippen LogP contribution in [0.4, 0.5) is 5.95 Å².